The van der Waals surface area contributed by atoms with Gasteiger partial charge in [-0.05, 0) is 11.6 Å². The van der Waals surface area contributed by atoms with Gasteiger partial charge in [0.25, 0.3) is 0 Å². The lowest BCUT2D eigenvalue weighted by Crippen LogP contribution is -2.23. The van der Waals surface area contributed by atoms with E-state index < -0.39 is 16.2 Å². The highest BCUT2D eigenvalue weighted by atomic mass is 35.5. The molecule has 104 valence electrons. The minimum Gasteiger partial charge on any atom is -0.490 e. The third-order valence-electron chi connectivity index (χ3n) is 2.80. The molecule has 0 bridgehead atoms. The second kappa shape index (κ2) is 5.75. The van der Waals surface area contributed by atoms with Crippen molar-refractivity contribution in [1.29, 1.82) is 0 Å². The standard InChI is InChI=1S/C13H11ClN2O4/c1-20-11-6-7-15(13(17)12(11)16(18)19)8-9-4-2-3-5-10(9)14/h2-7H,8H2,1H3. The van der Waals surface area contributed by atoms with Crippen molar-refractivity contribution < 1.29 is 9.66 Å². The first-order valence-corrected chi connectivity index (χ1v) is 6.07. The Kier molecular flexibility index (Phi) is 4.05. The first-order valence-electron chi connectivity index (χ1n) is 5.70. The van der Waals surface area contributed by atoms with E-state index in [9.17, 15) is 14.9 Å². The van der Waals surface area contributed by atoms with Crippen LogP contribution in [0, 0.1) is 10.1 Å². The van der Waals surface area contributed by atoms with Crippen molar-refractivity contribution in [2.75, 3.05) is 7.11 Å². The van der Waals surface area contributed by atoms with E-state index in [0.717, 1.165) is 0 Å². The zero-order valence-corrected chi connectivity index (χ0v) is 11.3. The van der Waals surface area contributed by atoms with Gasteiger partial charge < -0.3 is 9.30 Å². The molecule has 0 aliphatic heterocycles. The number of hydrogen-bond donors (Lipinski definition) is 0. The molecule has 0 unspecified atom stereocenters. The Bertz CT molecular complexity index is 712. The van der Waals surface area contributed by atoms with E-state index >= 15 is 0 Å². The second-order valence-corrected chi connectivity index (χ2v) is 4.42. The highest BCUT2D eigenvalue weighted by molar-refractivity contribution is 6.31. The van der Waals surface area contributed by atoms with E-state index in [4.69, 9.17) is 16.3 Å². The van der Waals surface area contributed by atoms with Gasteiger partial charge in [-0.25, -0.2) is 0 Å². The van der Waals surface area contributed by atoms with E-state index in [1.165, 1.54) is 23.9 Å². The molecular formula is C13H11ClN2O4. The quantitative estimate of drug-likeness (QED) is 0.641. The van der Waals surface area contributed by atoms with Crippen LogP contribution < -0.4 is 10.3 Å². The number of nitro groups is 1. The largest absolute Gasteiger partial charge is 0.490 e. The van der Waals surface area contributed by atoms with Gasteiger partial charge in [-0.15, -0.1) is 0 Å². The maximum Gasteiger partial charge on any atom is 0.375 e. The molecule has 1 aromatic heterocycles. The van der Waals surface area contributed by atoms with Crippen LogP contribution >= 0.6 is 11.6 Å². The number of halogens is 1. The molecule has 0 radical (unpaired) electrons. The summed E-state index contributed by atoms with van der Waals surface area (Å²) >= 11 is 6.01. The van der Waals surface area contributed by atoms with Gasteiger partial charge in [-0.3, -0.25) is 14.9 Å². The van der Waals surface area contributed by atoms with Crippen molar-refractivity contribution in [3.05, 3.63) is 67.6 Å². The summed E-state index contributed by atoms with van der Waals surface area (Å²) in [5.41, 5.74) is -0.605. The molecule has 0 atom stereocenters. The Morgan fingerprint density at radius 3 is 2.65 bits per heavy atom. The zero-order chi connectivity index (χ0) is 14.7. The highest BCUT2D eigenvalue weighted by Gasteiger charge is 2.22. The van der Waals surface area contributed by atoms with Gasteiger partial charge in [0, 0.05) is 17.3 Å². The van der Waals surface area contributed by atoms with Crippen LogP contribution in [-0.4, -0.2) is 16.6 Å². The van der Waals surface area contributed by atoms with Crippen molar-refractivity contribution in [2.24, 2.45) is 0 Å². The number of nitrogens with zero attached hydrogens (tertiary/aromatic N) is 2. The molecule has 0 amide bonds. The molecule has 0 N–H and O–H groups in total. The highest BCUT2D eigenvalue weighted by Crippen LogP contribution is 2.22. The Morgan fingerprint density at radius 2 is 2.05 bits per heavy atom. The number of benzene rings is 1. The lowest BCUT2D eigenvalue weighted by Gasteiger charge is -2.08. The molecule has 0 aliphatic carbocycles. The fraction of sp³-hybridized carbons (Fsp3) is 0.154. The Balaban J connectivity index is 2.49. The molecule has 1 heterocycles. The third-order valence-corrected chi connectivity index (χ3v) is 3.17. The number of rotatable bonds is 4. The van der Waals surface area contributed by atoms with Crippen LogP contribution in [0.4, 0.5) is 5.69 Å². The molecule has 1 aromatic carbocycles. The van der Waals surface area contributed by atoms with Crippen LogP contribution in [0.1, 0.15) is 5.56 Å². The van der Waals surface area contributed by atoms with Crippen LogP contribution in [0.2, 0.25) is 5.02 Å². The molecule has 0 saturated carbocycles. The summed E-state index contributed by atoms with van der Waals surface area (Å²) in [5, 5.41) is 11.5. The molecule has 20 heavy (non-hydrogen) atoms. The van der Waals surface area contributed by atoms with E-state index in [1.807, 2.05) is 0 Å². The zero-order valence-electron chi connectivity index (χ0n) is 10.6. The van der Waals surface area contributed by atoms with E-state index in [1.54, 1.807) is 24.3 Å². The van der Waals surface area contributed by atoms with Gasteiger partial charge in [0.15, 0.2) is 0 Å². The summed E-state index contributed by atoms with van der Waals surface area (Å²) in [5.74, 6) is -0.0598. The smallest absolute Gasteiger partial charge is 0.375 e. The molecule has 0 fully saturated rings. The molecular weight excluding hydrogens is 284 g/mol. The van der Waals surface area contributed by atoms with Gasteiger partial charge in [-0.2, -0.15) is 0 Å². The first kappa shape index (κ1) is 14.1. The van der Waals surface area contributed by atoms with E-state index in [-0.39, 0.29) is 12.3 Å². The fourth-order valence-corrected chi connectivity index (χ4v) is 2.01. The maximum absolute atomic E-state index is 12.1. The van der Waals surface area contributed by atoms with Crippen molar-refractivity contribution in [3.63, 3.8) is 0 Å². The van der Waals surface area contributed by atoms with Crippen molar-refractivity contribution >= 4 is 17.3 Å². The normalized spacial score (nSPS) is 10.3. The summed E-state index contributed by atoms with van der Waals surface area (Å²) in [6, 6.07) is 8.39. The first-order chi connectivity index (χ1) is 9.54. The Labute approximate surface area is 119 Å². The number of methoxy groups -OCH3 is 1. The number of hydrogen-bond acceptors (Lipinski definition) is 4. The molecule has 7 heteroatoms. The lowest BCUT2D eigenvalue weighted by molar-refractivity contribution is -0.387. The molecule has 2 rings (SSSR count). The average Bonchev–Trinajstić information content (AvgIpc) is 2.42. The minimum absolute atomic E-state index is 0.0598. The van der Waals surface area contributed by atoms with Crippen molar-refractivity contribution in [2.45, 2.75) is 6.54 Å². The van der Waals surface area contributed by atoms with Crippen molar-refractivity contribution in [1.82, 2.24) is 4.57 Å². The second-order valence-electron chi connectivity index (χ2n) is 4.01. The van der Waals surface area contributed by atoms with E-state index in [0.29, 0.717) is 10.6 Å². The summed E-state index contributed by atoms with van der Waals surface area (Å²) in [7, 11) is 1.28. The van der Waals surface area contributed by atoms with Gasteiger partial charge >= 0.3 is 11.2 Å². The molecule has 2 aromatic rings. The summed E-state index contributed by atoms with van der Waals surface area (Å²) < 4.78 is 6.06. The average molecular weight is 295 g/mol. The van der Waals surface area contributed by atoms with Crippen LogP contribution in [0.25, 0.3) is 0 Å². The predicted molar refractivity (Wildman–Crippen MR) is 74.5 cm³/mol. The summed E-state index contributed by atoms with van der Waals surface area (Å²) in [6.07, 6.45) is 1.44. The SMILES string of the molecule is COc1ccn(Cc2ccccc2Cl)c(=O)c1[N+](=O)[O-]. The van der Waals surface area contributed by atoms with Gasteiger partial charge in [0.05, 0.1) is 18.6 Å². The Morgan fingerprint density at radius 1 is 1.35 bits per heavy atom. The molecule has 0 aliphatic rings. The topological polar surface area (TPSA) is 74.4 Å². The molecule has 6 nitrogen and oxygen atoms in total. The van der Waals surface area contributed by atoms with Crippen LogP contribution in [-0.2, 0) is 6.54 Å². The predicted octanol–water partition coefficient (Wildman–Crippen LogP) is 2.47. The molecule has 0 saturated heterocycles. The van der Waals surface area contributed by atoms with Crippen LogP contribution in [0.3, 0.4) is 0 Å². The van der Waals surface area contributed by atoms with Crippen LogP contribution in [0.15, 0.2) is 41.3 Å². The number of aromatic nitrogens is 1. The fourth-order valence-electron chi connectivity index (χ4n) is 1.81. The lowest BCUT2D eigenvalue weighted by atomic mass is 10.2. The molecule has 0 spiro atoms. The van der Waals surface area contributed by atoms with Gasteiger partial charge in [-0.1, -0.05) is 29.8 Å². The minimum atomic E-state index is -0.746. The number of ether oxygens (including phenoxy) is 1. The van der Waals surface area contributed by atoms with Gasteiger partial charge in [0.1, 0.15) is 0 Å². The summed E-state index contributed by atoms with van der Waals surface area (Å²) in [6.45, 7) is 0.156. The van der Waals surface area contributed by atoms with Crippen LogP contribution in [0.5, 0.6) is 5.75 Å². The number of pyridine rings is 1. The third kappa shape index (κ3) is 2.65. The maximum atomic E-state index is 12.1. The van der Waals surface area contributed by atoms with E-state index in [2.05, 4.69) is 0 Å². The van der Waals surface area contributed by atoms with Gasteiger partial charge in [0.2, 0.25) is 5.75 Å². The van der Waals surface area contributed by atoms with Crippen molar-refractivity contribution in [3.8, 4) is 5.75 Å². The summed E-state index contributed by atoms with van der Waals surface area (Å²) in [4.78, 5) is 22.3. The monoisotopic (exact) mass is 294 g/mol. The Hall–Kier alpha value is -2.34.